The van der Waals surface area contributed by atoms with Crippen LogP contribution < -0.4 is 11.1 Å². The first kappa shape index (κ1) is 15.5. The molecule has 0 radical (unpaired) electrons. The summed E-state index contributed by atoms with van der Waals surface area (Å²) in [5.41, 5.74) is 5.37. The lowest BCUT2D eigenvalue weighted by atomic mass is 10.0. The normalized spacial score (nSPS) is 23.6. The summed E-state index contributed by atoms with van der Waals surface area (Å²) in [6.07, 6.45) is 7.21. The second kappa shape index (κ2) is 7.77. The van der Waals surface area contributed by atoms with Crippen LogP contribution in [0.25, 0.3) is 0 Å². The number of hydrogen-bond donors (Lipinski definition) is 3. The monoisotopic (exact) mass is 268 g/mol. The molecule has 1 amide bonds. The fourth-order valence-corrected chi connectivity index (χ4v) is 1.94. The molecule has 0 unspecified atom stereocenters. The average molecular weight is 268 g/mol. The van der Waals surface area contributed by atoms with Crippen molar-refractivity contribution in [2.24, 2.45) is 11.7 Å². The van der Waals surface area contributed by atoms with Crippen LogP contribution in [-0.2, 0) is 14.3 Å². The van der Waals surface area contributed by atoms with Gasteiger partial charge in [-0.05, 0) is 25.7 Å². The molecule has 1 aliphatic heterocycles. The molecule has 106 valence electrons. The molecule has 6 nitrogen and oxygen atoms in total. The SMILES string of the molecule is C#C[C@@H]1CCO[C@H]1C(=O)NCCCC[C@H](N)C(=O)O. The number of unbranched alkanes of at least 4 members (excludes halogenated alkanes) is 1. The van der Waals surface area contributed by atoms with Crippen LogP contribution in [0.5, 0.6) is 0 Å². The third kappa shape index (κ3) is 4.89. The van der Waals surface area contributed by atoms with Crippen molar-refractivity contribution in [2.75, 3.05) is 13.2 Å². The molecule has 0 spiro atoms. The number of carboxylic acid groups (broad SMARTS) is 1. The Morgan fingerprint density at radius 1 is 1.53 bits per heavy atom. The van der Waals surface area contributed by atoms with Gasteiger partial charge in [0.15, 0.2) is 0 Å². The van der Waals surface area contributed by atoms with Crippen molar-refractivity contribution in [3.63, 3.8) is 0 Å². The van der Waals surface area contributed by atoms with Gasteiger partial charge in [-0.15, -0.1) is 6.42 Å². The number of carbonyl (C=O) groups excluding carboxylic acids is 1. The van der Waals surface area contributed by atoms with Gasteiger partial charge in [-0.1, -0.05) is 5.92 Å². The lowest BCUT2D eigenvalue weighted by Crippen LogP contribution is -2.38. The molecule has 1 saturated heterocycles. The summed E-state index contributed by atoms with van der Waals surface area (Å²) in [4.78, 5) is 22.3. The summed E-state index contributed by atoms with van der Waals surface area (Å²) in [5.74, 6) is 1.21. The number of ether oxygens (including phenoxy) is 1. The Labute approximate surface area is 112 Å². The van der Waals surface area contributed by atoms with Gasteiger partial charge < -0.3 is 20.9 Å². The minimum absolute atomic E-state index is 0.152. The van der Waals surface area contributed by atoms with Crippen molar-refractivity contribution < 1.29 is 19.4 Å². The first-order valence-electron chi connectivity index (χ1n) is 6.40. The number of hydrogen-bond acceptors (Lipinski definition) is 4. The predicted octanol–water partition coefficient (Wildman–Crippen LogP) is -0.277. The molecular formula is C13H20N2O4. The van der Waals surface area contributed by atoms with E-state index >= 15 is 0 Å². The zero-order chi connectivity index (χ0) is 14.3. The molecule has 1 aliphatic rings. The molecular weight excluding hydrogens is 248 g/mol. The fourth-order valence-electron chi connectivity index (χ4n) is 1.94. The number of amides is 1. The van der Waals surface area contributed by atoms with E-state index < -0.39 is 18.1 Å². The number of terminal acetylenes is 1. The van der Waals surface area contributed by atoms with Gasteiger partial charge in [0.2, 0.25) is 5.91 Å². The number of carbonyl (C=O) groups is 2. The lowest BCUT2D eigenvalue weighted by Gasteiger charge is -2.14. The van der Waals surface area contributed by atoms with Crippen LogP contribution in [0.3, 0.4) is 0 Å². The number of rotatable bonds is 7. The zero-order valence-corrected chi connectivity index (χ0v) is 10.8. The van der Waals surface area contributed by atoms with E-state index in [0.717, 1.165) is 0 Å². The van der Waals surface area contributed by atoms with Gasteiger partial charge in [0.1, 0.15) is 12.1 Å². The first-order valence-corrected chi connectivity index (χ1v) is 6.40. The quantitative estimate of drug-likeness (QED) is 0.435. The van der Waals surface area contributed by atoms with Gasteiger partial charge in [0, 0.05) is 13.2 Å². The van der Waals surface area contributed by atoms with E-state index in [9.17, 15) is 9.59 Å². The molecule has 0 aliphatic carbocycles. The Kier molecular flexibility index (Phi) is 6.33. The third-order valence-corrected chi connectivity index (χ3v) is 3.12. The largest absolute Gasteiger partial charge is 0.480 e. The molecule has 0 aromatic heterocycles. The highest BCUT2D eigenvalue weighted by atomic mass is 16.5. The van der Waals surface area contributed by atoms with Crippen LogP contribution in [-0.4, -0.2) is 42.3 Å². The van der Waals surface area contributed by atoms with Crippen molar-refractivity contribution in [2.45, 2.75) is 37.8 Å². The van der Waals surface area contributed by atoms with Crippen molar-refractivity contribution >= 4 is 11.9 Å². The fraction of sp³-hybridized carbons (Fsp3) is 0.692. The van der Waals surface area contributed by atoms with E-state index in [1.807, 2.05) is 0 Å². The second-order valence-corrected chi connectivity index (χ2v) is 4.58. The van der Waals surface area contributed by atoms with Crippen LogP contribution in [0.1, 0.15) is 25.7 Å². The molecule has 3 atom stereocenters. The zero-order valence-electron chi connectivity index (χ0n) is 10.8. The van der Waals surface area contributed by atoms with E-state index in [-0.39, 0.29) is 11.8 Å². The standard InChI is InChI=1S/C13H20N2O4/c1-2-9-6-8-19-11(9)12(16)15-7-4-3-5-10(14)13(17)18/h1,9-11H,3-8,14H2,(H,15,16)(H,17,18)/t9-,10+,11-/m1/s1. The highest BCUT2D eigenvalue weighted by Crippen LogP contribution is 2.19. The highest BCUT2D eigenvalue weighted by Gasteiger charge is 2.32. The molecule has 0 aromatic carbocycles. The number of nitrogens with two attached hydrogens (primary N) is 1. The number of aliphatic carboxylic acids is 1. The summed E-state index contributed by atoms with van der Waals surface area (Å²) in [5, 5.41) is 11.3. The minimum Gasteiger partial charge on any atom is -0.480 e. The Morgan fingerprint density at radius 2 is 2.26 bits per heavy atom. The number of nitrogens with one attached hydrogen (secondary N) is 1. The summed E-state index contributed by atoms with van der Waals surface area (Å²) >= 11 is 0. The van der Waals surface area contributed by atoms with E-state index in [2.05, 4.69) is 11.2 Å². The van der Waals surface area contributed by atoms with E-state index in [1.54, 1.807) is 0 Å². The number of carboxylic acids is 1. The van der Waals surface area contributed by atoms with Gasteiger partial charge in [-0.3, -0.25) is 9.59 Å². The summed E-state index contributed by atoms with van der Waals surface area (Å²) in [6.45, 7) is 0.989. The third-order valence-electron chi connectivity index (χ3n) is 3.12. The van der Waals surface area contributed by atoms with Gasteiger partial charge in [0.25, 0.3) is 0 Å². The first-order chi connectivity index (χ1) is 9.06. The Hall–Kier alpha value is -1.58. The van der Waals surface area contributed by atoms with Gasteiger partial charge in [-0.2, -0.15) is 0 Å². The van der Waals surface area contributed by atoms with Gasteiger partial charge in [-0.25, -0.2) is 0 Å². The molecule has 0 bridgehead atoms. The Balaban J connectivity index is 2.14. The van der Waals surface area contributed by atoms with Crippen LogP contribution in [0, 0.1) is 18.3 Å². The molecule has 0 saturated carbocycles. The Morgan fingerprint density at radius 3 is 2.89 bits per heavy atom. The smallest absolute Gasteiger partial charge is 0.320 e. The molecule has 6 heteroatoms. The van der Waals surface area contributed by atoms with Gasteiger partial charge in [0.05, 0.1) is 5.92 Å². The average Bonchev–Trinajstić information content (AvgIpc) is 2.85. The van der Waals surface area contributed by atoms with Crippen molar-refractivity contribution in [3.8, 4) is 12.3 Å². The topological polar surface area (TPSA) is 102 Å². The van der Waals surface area contributed by atoms with Crippen molar-refractivity contribution in [1.82, 2.24) is 5.32 Å². The highest BCUT2D eigenvalue weighted by molar-refractivity contribution is 5.81. The maximum absolute atomic E-state index is 11.8. The second-order valence-electron chi connectivity index (χ2n) is 4.58. The van der Waals surface area contributed by atoms with Crippen LogP contribution in [0.2, 0.25) is 0 Å². The van der Waals surface area contributed by atoms with Crippen LogP contribution in [0.4, 0.5) is 0 Å². The summed E-state index contributed by atoms with van der Waals surface area (Å²) < 4.78 is 5.29. The van der Waals surface area contributed by atoms with E-state index in [1.165, 1.54) is 0 Å². The molecule has 0 aromatic rings. The molecule has 4 N–H and O–H groups in total. The van der Waals surface area contributed by atoms with E-state index in [4.69, 9.17) is 22.0 Å². The molecule has 1 rings (SSSR count). The molecule has 1 heterocycles. The maximum Gasteiger partial charge on any atom is 0.320 e. The molecule has 19 heavy (non-hydrogen) atoms. The predicted molar refractivity (Wildman–Crippen MR) is 69.2 cm³/mol. The minimum atomic E-state index is -1.000. The Bertz CT molecular complexity index is 364. The maximum atomic E-state index is 11.8. The van der Waals surface area contributed by atoms with E-state index in [0.29, 0.717) is 38.8 Å². The summed E-state index contributed by atoms with van der Waals surface area (Å²) in [7, 11) is 0. The van der Waals surface area contributed by atoms with Crippen LogP contribution in [0.15, 0.2) is 0 Å². The molecule has 1 fully saturated rings. The van der Waals surface area contributed by atoms with Crippen molar-refractivity contribution in [3.05, 3.63) is 0 Å². The van der Waals surface area contributed by atoms with Crippen molar-refractivity contribution in [1.29, 1.82) is 0 Å². The van der Waals surface area contributed by atoms with Gasteiger partial charge >= 0.3 is 5.97 Å². The lowest BCUT2D eigenvalue weighted by molar-refractivity contribution is -0.138. The summed E-state index contributed by atoms with van der Waals surface area (Å²) in [6, 6.07) is -0.834. The van der Waals surface area contributed by atoms with Crippen LogP contribution >= 0.6 is 0 Å².